The number of pyridine rings is 1. The molecule has 0 amide bonds. The van der Waals surface area contributed by atoms with Gasteiger partial charge in [0.05, 0.1) is 18.1 Å². The molecule has 0 aliphatic rings. The van der Waals surface area contributed by atoms with E-state index in [9.17, 15) is 8.78 Å². The first-order chi connectivity index (χ1) is 7.11. The van der Waals surface area contributed by atoms with Crippen LogP contribution < -0.4 is 0 Å². The summed E-state index contributed by atoms with van der Waals surface area (Å²) in [5.41, 5.74) is -0.345. The van der Waals surface area contributed by atoms with E-state index in [0.717, 1.165) is 0 Å². The molecule has 6 heteroatoms. The van der Waals surface area contributed by atoms with E-state index in [0.29, 0.717) is 5.56 Å². The molecule has 0 N–H and O–H groups in total. The molecule has 0 aliphatic carbocycles. The summed E-state index contributed by atoms with van der Waals surface area (Å²) >= 11 is 3.01. The van der Waals surface area contributed by atoms with E-state index in [1.165, 1.54) is 6.20 Å². The highest BCUT2D eigenvalue weighted by Gasteiger charge is 2.19. The molecule has 15 heavy (non-hydrogen) atoms. The zero-order valence-electron chi connectivity index (χ0n) is 7.34. The molecule has 0 atom stereocenters. The molecule has 0 bridgehead atoms. The topological polar surface area (TPSA) is 60.5 Å². The average Bonchev–Trinajstić information content (AvgIpc) is 2.20. The second kappa shape index (κ2) is 4.81. The molecule has 0 saturated heterocycles. The van der Waals surface area contributed by atoms with Gasteiger partial charge in [-0.15, -0.1) is 0 Å². The van der Waals surface area contributed by atoms with Gasteiger partial charge in [-0.05, 0) is 15.9 Å². The fourth-order valence-electron chi connectivity index (χ4n) is 1.02. The van der Waals surface area contributed by atoms with E-state index in [4.69, 9.17) is 10.5 Å². The van der Waals surface area contributed by atoms with Crippen LogP contribution in [0.3, 0.4) is 0 Å². The van der Waals surface area contributed by atoms with Gasteiger partial charge in [0, 0.05) is 16.2 Å². The van der Waals surface area contributed by atoms with Gasteiger partial charge in [-0.2, -0.15) is 10.5 Å². The summed E-state index contributed by atoms with van der Waals surface area (Å²) in [6.07, 6.45) is -1.60. The number of aromatic nitrogens is 1. The zero-order valence-corrected chi connectivity index (χ0v) is 8.92. The van der Waals surface area contributed by atoms with Crippen molar-refractivity contribution in [2.24, 2.45) is 0 Å². The maximum Gasteiger partial charge on any atom is 0.281 e. The number of halogens is 3. The quantitative estimate of drug-likeness (QED) is 0.831. The van der Waals surface area contributed by atoms with E-state index in [1.807, 2.05) is 6.07 Å². The third-order valence-electron chi connectivity index (χ3n) is 1.71. The first-order valence-electron chi connectivity index (χ1n) is 3.84. The molecule has 1 heterocycles. The molecular formula is C9H4BrF2N3. The van der Waals surface area contributed by atoms with Crippen LogP contribution in [0.15, 0.2) is 10.7 Å². The van der Waals surface area contributed by atoms with Gasteiger partial charge in [-0.25, -0.2) is 8.78 Å². The Morgan fingerprint density at radius 1 is 1.47 bits per heavy atom. The van der Waals surface area contributed by atoms with Crippen molar-refractivity contribution in [1.82, 2.24) is 4.98 Å². The SMILES string of the molecule is N#CCc1cnc(C(F)F)c(C#N)c1Br. The number of hydrogen-bond donors (Lipinski definition) is 0. The van der Waals surface area contributed by atoms with Crippen LogP contribution in [0.25, 0.3) is 0 Å². The molecule has 76 valence electrons. The summed E-state index contributed by atoms with van der Waals surface area (Å²) in [4.78, 5) is 3.47. The van der Waals surface area contributed by atoms with Gasteiger partial charge in [-0.1, -0.05) is 0 Å². The van der Waals surface area contributed by atoms with E-state index in [2.05, 4.69) is 20.9 Å². The Kier molecular flexibility index (Phi) is 3.70. The lowest BCUT2D eigenvalue weighted by Gasteiger charge is -2.06. The number of nitrogens with zero attached hydrogens (tertiary/aromatic N) is 3. The minimum Gasteiger partial charge on any atom is -0.253 e. The molecule has 0 saturated carbocycles. The van der Waals surface area contributed by atoms with Gasteiger partial charge >= 0.3 is 0 Å². The first-order valence-corrected chi connectivity index (χ1v) is 4.63. The molecule has 1 rings (SSSR count). The number of nitriles is 2. The maximum atomic E-state index is 12.4. The highest BCUT2D eigenvalue weighted by Crippen LogP contribution is 2.28. The normalized spacial score (nSPS) is 9.73. The molecule has 0 radical (unpaired) electrons. The largest absolute Gasteiger partial charge is 0.281 e. The maximum absolute atomic E-state index is 12.4. The van der Waals surface area contributed by atoms with Crippen molar-refractivity contribution in [3.63, 3.8) is 0 Å². The molecule has 0 fully saturated rings. The van der Waals surface area contributed by atoms with Crippen LogP contribution >= 0.6 is 15.9 Å². The third kappa shape index (κ3) is 2.28. The van der Waals surface area contributed by atoms with Crippen molar-refractivity contribution < 1.29 is 8.78 Å². The standard InChI is InChI=1S/C9H4BrF2N3/c10-7-5(1-2-13)4-15-8(9(11)12)6(7)3-14/h4,9H,1H2. The Bertz CT molecular complexity index is 460. The number of alkyl halides is 2. The van der Waals surface area contributed by atoms with Crippen molar-refractivity contribution in [3.8, 4) is 12.1 Å². The molecule has 0 spiro atoms. The Balaban J connectivity index is 3.36. The van der Waals surface area contributed by atoms with Crippen LogP contribution in [0.4, 0.5) is 8.78 Å². The summed E-state index contributed by atoms with van der Waals surface area (Å²) in [7, 11) is 0. The van der Waals surface area contributed by atoms with Crippen LogP contribution in [-0.4, -0.2) is 4.98 Å². The predicted molar refractivity (Wildman–Crippen MR) is 50.9 cm³/mol. The van der Waals surface area contributed by atoms with Gasteiger partial charge in [0.25, 0.3) is 6.43 Å². The van der Waals surface area contributed by atoms with Gasteiger partial charge in [0.1, 0.15) is 11.8 Å². The fourth-order valence-corrected chi connectivity index (χ4v) is 1.56. The monoisotopic (exact) mass is 271 g/mol. The second-order valence-corrected chi connectivity index (χ2v) is 3.40. The lowest BCUT2D eigenvalue weighted by atomic mass is 10.1. The number of hydrogen-bond acceptors (Lipinski definition) is 3. The highest BCUT2D eigenvalue weighted by atomic mass is 79.9. The lowest BCUT2D eigenvalue weighted by molar-refractivity contribution is 0.145. The van der Waals surface area contributed by atoms with Crippen LogP contribution in [0.2, 0.25) is 0 Å². The van der Waals surface area contributed by atoms with E-state index >= 15 is 0 Å². The molecule has 1 aromatic rings. The summed E-state index contributed by atoms with van der Waals surface area (Å²) in [5, 5.41) is 17.2. The minimum atomic E-state index is -2.80. The predicted octanol–water partition coefficient (Wildman–Crippen LogP) is 2.72. The minimum absolute atomic E-state index is 0.0196. The summed E-state index contributed by atoms with van der Waals surface area (Å²) in [5.74, 6) is 0. The van der Waals surface area contributed by atoms with Crippen molar-refractivity contribution in [2.45, 2.75) is 12.8 Å². The molecule has 0 unspecified atom stereocenters. The van der Waals surface area contributed by atoms with Crippen molar-refractivity contribution in [1.29, 1.82) is 10.5 Å². The first kappa shape index (κ1) is 11.5. The molecular weight excluding hydrogens is 268 g/mol. The van der Waals surface area contributed by atoms with Crippen LogP contribution in [0.5, 0.6) is 0 Å². The van der Waals surface area contributed by atoms with Gasteiger partial charge in [0.2, 0.25) is 0 Å². The summed E-state index contributed by atoms with van der Waals surface area (Å²) < 4.78 is 25.0. The van der Waals surface area contributed by atoms with Crippen LogP contribution in [0, 0.1) is 22.7 Å². The Hall–Kier alpha value is -1.53. The van der Waals surface area contributed by atoms with Crippen LogP contribution in [-0.2, 0) is 6.42 Å². The summed E-state index contributed by atoms with van der Waals surface area (Å²) in [6, 6.07) is 3.50. The summed E-state index contributed by atoms with van der Waals surface area (Å²) in [6.45, 7) is 0. The van der Waals surface area contributed by atoms with E-state index in [-0.39, 0.29) is 16.5 Å². The lowest BCUT2D eigenvalue weighted by Crippen LogP contribution is -1.99. The molecule has 3 nitrogen and oxygen atoms in total. The smallest absolute Gasteiger partial charge is 0.253 e. The fraction of sp³-hybridized carbons (Fsp3) is 0.222. The second-order valence-electron chi connectivity index (χ2n) is 2.61. The zero-order chi connectivity index (χ0) is 11.4. The van der Waals surface area contributed by atoms with Gasteiger partial charge in [-0.3, -0.25) is 4.98 Å². The number of rotatable bonds is 2. The van der Waals surface area contributed by atoms with Crippen molar-refractivity contribution in [3.05, 3.63) is 27.5 Å². The molecule has 0 aliphatic heterocycles. The third-order valence-corrected chi connectivity index (χ3v) is 2.61. The van der Waals surface area contributed by atoms with Crippen molar-refractivity contribution in [2.75, 3.05) is 0 Å². The highest BCUT2D eigenvalue weighted by molar-refractivity contribution is 9.10. The average molecular weight is 272 g/mol. The Morgan fingerprint density at radius 2 is 2.13 bits per heavy atom. The van der Waals surface area contributed by atoms with Crippen molar-refractivity contribution >= 4 is 15.9 Å². The van der Waals surface area contributed by atoms with E-state index in [1.54, 1.807) is 6.07 Å². The van der Waals surface area contributed by atoms with Gasteiger partial charge < -0.3 is 0 Å². The van der Waals surface area contributed by atoms with Crippen LogP contribution in [0.1, 0.15) is 23.2 Å². The molecule has 1 aromatic heterocycles. The van der Waals surface area contributed by atoms with Gasteiger partial charge in [0.15, 0.2) is 0 Å². The Labute approximate surface area is 93.1 Å². The van der Waals surface area contributed by atoms with E-state index < -0.39 is 12.1 Å². The Morgan fingerprint density at radius 3 is 2.60 bits per heavy atom. The molecule has 0 aromatic carbocycles.